The zero-order chi connectivity index (χ0) is 24.8. The quantitative estimate of drug-likeness (QED) is 0.573. The van der Waals surface area contributed by atoms with Gasteiger partial charge in [-0.1, -0.05) is 54.4 Å². The highest BCUT2D eigenvalue weighted by atomic mass is 32.2. The molecule has 0 fully saturated rings. The lowest BCUT2D eigenvalue weighted by Gasteiger charge is -2.32. The fraction of sp³-hybridized carbons (Fsp3) is 0.440. The van der Waals surface area contributed by atoms with Gasteiger partial charge in [0.1, 0.15) is 12.6 Å². The lowest BCUT2D eigenvalue weighted by atomic mass is 10.1. The lowest BCUT2D eigenvalue weighted by molar-refractivity contribution is -0.139. The summed E-state index contributed by atoms with van der Waals surface area (Å²) in [4.78, 5) is 27.7. The molecule has 7 nitrogen and oxygen atoms in total. The number of aryl methyl sites for hydroxylation is 2. The molecular weight excluding hydrogens is 438 g/mol. The first-order valence-corrected chi connectivity index (χ1v) is 13.0. The molecule has 0 bridgehead atoms. The molecule has 2 aromatic rings. The van der Waals surface area contributed by atoms with Crippen LogP contribution in [0.3, 0.4) is 0 Å². The zero-order valence-electron chi connectivity index (χ0n) is 20.3. The molecule has 8 heteroatoms. The monoisotopic (exact) mass is 473 g/mol. The summed E-state index contributed by atoms with van der Waals surface area (Å²) in [6, 6.07) is 13.8. The molecule has 0 spiro atoms. The first-order chi connectivity index (χ1) is 15.4. The van der Waals surface area contributed by atoms with E-state index in [-0.39, 0.29) is 18.5 Å². The molecule has 1 N–H and O–H groups in total. The molecule has 0 heterocycles. The predicted molar refractivity (Wildman–Crippen MR) is 132 cm³/mol. The second-order valence-electron chi connectivity index (χ2n) is 8.61. The third kappa shape index (κ3) is 7.60. The molecule has 0 radical (unpaired) electrons. The van der Waals surface area contributed by atoms with E-state index in [1.165, 1.54) is 4.90 Å². The maximum Gasteiger partial charge on any atom is 0.244 e. The molecule has 0 saturated heterocycles. The summed E-state index contributed by atoms with van der Waals surface area (Å²) in [5.41, 5.74) is 3.33. The van der Waals surface area contributed by atoms with Gasteiger partial charge in [0.15, 0.2) is 0 Å². The maximum atomic E-state index is 13.5. The van der Waals surface area contributed by atoms with Crippen molar-refractivity contribution in [2.24, 2.45) is 0 Å². The summed E-state index contributed by atoms with van der Waals surface area (Å²) in [5, 5.41) is 2.92. The van der Waals surface area contributed by atoms with Gasteiger partial charge < -0.3 is 10.2 Å². The van der Waals surface area contributed by atoms with Crippen LogP contribution in [0.2, 0.25) is 0 Å². The number of benzene rings is 2. The number of nitrogens with one attached hydrogen (secondary N) is 1. The van der Waals surface area contributed by atoms with Crippen LogP contribution in [0.4, 0.5) is 5.69 Å². The van der Waals surface area contributed by atoms with Gasteiger partial charge in [-0.2, -0.15) is 0 Å². The molecule has 2 aromatic carbocycles. The Morgan fingerprint density at radius 1 is 0.939 bits per heavy atom. The van der Waals surface area contributed by atoms with E-state index in [4.69, 9.17) is 0 Å². The van der Waals surface area contributed by atoms with Crippen LogP contribution in [0, 0.1) is 13.8 Å². The van der Waals surface area contributed by atoms with Crippen molar-refractivity contribution in [2.75, 3.05) is 17.1 Å². The van der Waals surface area contributed by atoms with Gasteiger partial charge in [-0.15, -0.1) is 0 Å². The van der Waals surface area contributed by atoms with Crippen molar-refractivity contribution < 1.29 is 18.0 Å². The van der Waals surface area contributed by atoms with Crippen molar-refractivity contribution in [2.45, 2.75) is 59.7 Å². The molecule has 2 atom stereocenters. The highest BCUT2D eigenvalue weighted by Gasteiger charge is 2.30. The Balaban J connectivity index is 2.36. The average Bonchev–Trinajstić information content (AvgIpc) is 2.76. The van der Waals surface area contributed by atoms with E-state index in [2.05, 4.69) is 5.32 Å². The Labute approximate surface area is 197 Å². The molecule has 33 heavy (non-hydrogen) atoms. The van der Waals surface area contributed by atoms with Crippen molar-refractivity contribution in [3.8, 4) is 0 Å². The first-order valence-electron chi connectivity index (χ1n) is 11.1. The van der Waals surface area contributed by atoms with Gasteiger partial charge in [0.05, 0.1) is 11.9 Å². The first kappa shape index (κ1) is 26.4. The fourth-order valence-corrected chi connectivity index (χ4v) is 4.11. The number of amides is 2. The minimum atomic E-state index is -3.72. The number of hydrogen-bond donors (Lipinski definition) is 1. The third-order valence-corrected chi connectivity index (χ3v) is 6.78. The minimum Gasteiger partial charge on any atom is -0.352 e. The molecule has 0 aliphatic carbocycles. The van der Waals surface area contributed by atoms with Crippen molar-refractivity contribution in [1.82, 2.24) is 10.2 Å². The van der Waals surface area contributed by atoms with Gasteiger partial charge in [-0.05, 0) is 51.8 Å². The SMILES string of the molecule is CC[C@@H](C)NC(=O)[C@H](C)N(Cc1ccc(C)cc1)C(=O)CN(c1ccc(C)cc1)S(C)(=O)=O. The second-order valence-corrected chi connectivity index (χ2v) is 10.5. The van der Waals surface area contributed by atoms with E-state index in [1.54, 1.807) is 31.2 Å². The standard InChI is InChI=1S/C25H35N3O4S/c1-7-20(4)26-25(30)21(5)27(16-22-12-8-18(2)9-13-22)24(29)17-28(33(6,31)32)23-14-10-19(3)11-15-23/h8-15,20-21H,7,16-17H2,1-6H3,(H,26,30)/t20-,21+/m1/s1. The topological polar surface area (TPSA) is 86.8 Å². The number of rotatable bonds is 10. The Morgan fingerprint density at radius 2 is 1.45 bits per heavy atom. The molecule has 0 aromatic heterocycles. The summed E-state index contributed by atoms with van der Waals surface area (Å²) in [6.07, 6.45) is 1.84. The van der Waals surface area contributed by atoms with E-state index >= 15 is 0 Å². The van der Waals surface area contributed by atoms with Crippen LogP contribution in [-0.4, -0.2) is 50.0 Å². The summed E-state index contributed by atoms with van der Waals surface area (Å²) < 4.78 is 26.1. The molecule has 2 amide bonds. The Morgan fingerprint density at radius 3 is 1.94 bits per heavy atom. The molecule has 180 valence electrons. The Kier molecular flexibility index (Phi) is 9.05. The molecule has 0 aliphatic rings. The molecule has 2 rings (SSSR count). The molecule has 0 unspecified atom stereocenters. The number of sulfonamides is 1. The maximum absolute atomic E-state index is 13.5. The summed E-state index contributed by atoms with van der Waals surface area (Å²) >= 11 is 0. The van der Waals surface area contributed by atoms with E-state index in [0.717, 1.165) is 33.7 Å². The molecule has 0 aliphatic heterocycles. The number of anilines is 1. The molecular formula is C25H35N3O4S. The van der Waals surface area contributed by atoms with E-state index < -0.39 is 28.5 Å². The number of carbonyl (C=O) groups excluding carboxylic acids is 2. The Bertz CT molecular complexity index is 1050. The second kappa shape index (κ2) is 11.3. The van der Waals surface area contributed by atoms with Crippen LogP contribution in [0.1, 0.15) is 43.9 Å². The van der Waals surface area contributed by atoms with Crippen LogP contribution >= 0.6 is 0 Å². The Hall–Kier alpha value is -2.87. The van der Waals surface area contributed by atoms with Gasteiger partial charge in [0.2, 0.25) is 21.8 Å². The van der Waals surface area contributed by atoms with E-state index in [1.807, 2.05) is 52.0 Å². The predicted octanol–water partition coefficient (Wildman–Crippen LogP) is 3.40. The van der Waals surface area contributed by atoms with E-state index in [0.29, 0.717) is 5.69 Å². The van der Waals surface area contributed by atoms with Crippen molar-refractivity contribution in [3.05, 3.63) is 65.2 Å². The highest BCUT2D eigenvalue weighted by Crippen LogP contribution is 2.20. The van der Waals surface area contributed by atoms with Crippen LogP contribution in [-0.2, 0) is 26.2 Å². The fourth-order valence-electron chi connectivity index (χ4n) is 3.26. The van der Waals surface area contributed by atoms with Crippen LogP contribution in [0.5, 0.6) is 0 Å². The number of carbonyl (C=O) groups is 2. The highest BCUT2D eigenvalue weighted by molar-refractivity contribution is 7.92. The normalized spacial score (nSPS) is 13.2. The molecule has 0 saturated carbocycles. The van der Waals surface area contributed by atoms with Crippen molar-refractivity contribution >= 4 is 27.5 Å². The average molecular weight is 474 g/mol. The van der Waals surface area contributed by atoms with Gasteiger partial charge in [0.25, 0.3) is 0 Å². The van der Waals surface area contributed by atoms with Gasteiger partial charge in [0, 0.05) is 12.6 Å². The smallest absolute Gasteiger partial charge is 0.244 e. The van der Waals surface area contributed by atoms with Crippen molar-refractivity contribution in [3.63, 3.8) is 0 Å². The largest absolute Gasteiger partial charge is 0.352 e. The summed E-state index contributed by atoms with van der Waals surface area (Å²) in [7, 11) is -3.72. The van der Waals surface area contributed by atoms with E-state index in [9.17, 15) is 18.0 Å². The number of hydrogen-bond acceptors (Lipinski definition) is 4. The van der Waals surface area contributed by atoms with Gasteiger partial charge >= 0.3 is 0 Å². The third-order valence-electron chi connectivity index (χ3n) is 5.64. The van der Waals surface area contributed by atoms with Gasteiger partial charge in [-0.25, -0.2) is 8.42 Å². The lowest BCUT2D eigenvalue weighted by Crippen LogP contribution is -2.52. The summed E-state index contributed by atoms with van der Waals surface area (Å²) in [6.45, 7) is 9.21. The number of nitrogens with zero attached hydrogens (tertiary/aromatic N) is 2. The van der Waals surface area contributed by atoms with Crippen LogP contribution in [0.25, 0.3) is 0 Å². The van der Waals surface area contributed by atoms with Crippen LogP contribution < -0.4 is 9.62 Å². The minimum absolute atomic E-state index is 0.0312. The summed E-state index contributed by atoms with van der Waals surface area (Å²) in [5.74, 6) is -0.723. The van der Waals surface area contributed by atoms with Crippen LogP contribution in [0.15, 0.2) is 48.5 Å². The zero-order valence-corrected chi connectivity index (χ0v) is 21.1. The van der Waals surface area contributed by atoms with Gasteiger partial charge in [-0.3, -0.25) is 13.9 Å². The van der Waals surface area contributed by atoms with Crippen molar-refractivity contribution in [1.29, 1.82) is 0 Å².